The lowest BCUT2D eigenvalue weighted by Crippen LogP contribution is -2.51. The van der Waals surface area contributed by atoms with Crippen LogP contribution < -0.4 is 0 Å². The van der Waals surface area contributed by atoms with E-state index in [0.29, 0.717) is 0 Å². The molecule has 0 rings (SSSR count). The molecule has 0 aliphatic heterocycles. The molecule has 0 N–H and O–H groups in total. The maximum absolute atomic E-state index is 4.52. The van der Waals surface area contributed by atoms with Crippen LogP contribution >= 0.6 is 15.9 Å². The van der Waals surface area contributed by atoms with Crippen LogP contribution in [0.25, 0.3) is 0 Å². The molecule has 0 spiro atoms. The highest BCUT2D eigenvalue weighted by Gasteiger charge is 2.31. The standard InChI is InChI=1S/C17H36BrN3/c1-7-9-11-13-15-21(16(19-4)20(5)6)17(3,18)14-12-10-8-2/h7-15H2,1-6H3. The van der Waals surface area contributed by atoms with Crippen molar-refractivity contribution in [3.8, 4) is 0 Å². The summed E-state index contributed by atoms with van der Waals surface area (Å²) in [5.74, 6) is 1.07. The molecule has 0 amide bonds. The fourth-order valence-electron chi connectivity index (χ4n) is 2.63. The highest BCUT2D eigenvalue weighted by atomic mass is 79.9. The van der Waals surface area contributed by atoms with Crippen LogP contribution in [0.2, 0.25) is 0 Å². The Morgan fingerprint density at radius 1 is 1.00 bits per heavy atom. The van der Waals surface area contributed by atoms with Crippen LogP contribution in [0.4, 0.5) is 0 Å². The number of rotatable bonds is 10. The molecular weight excluding hydrogens is 326 g/mol. The Balaban J connectivity index is 4.83. The zero-order valence-corrected chi connectivity index (χ0v) is 16.7. The minimum atomic E-state index is -0.00645. The van der Waals surface area contributed by atoms with E-state index in [4.69, 9.17) is 0 Å². The quantitative estimate of drug-likeness (QED) is 0.177. The van der Waals surface area contributed by atoms with E-state index in [1.807, 2.05) is 7.05 Å². The first-order valence-electron chi connectivity index (χ1n) is 8.51. The zero-order chi connectivity index (χ0) is 16.3. The second-order valence-electron chi connectivity index (χ2n) is 6.23. The monoisotopic (exact) mass is 361 g/mol. The van der Waals surface area contributed by atoms with Crippen LogP contribution in [0.3, 0.4) is 0 Å². The van der Waals surface area contributed by atoms with E-state index in [9.17, 15) is 0 Å². The molecule has 0 saturated carbocycles. The Morgan fingerprint density at radius 2 is 1.57 bits per heavy atom. The average molecular weight is 362 g/mol. The third-order valence-corrected chi connectivity index (χ3v) is 4.70. The second-order valence-corrected chi connectivity index (χ2v) is 7.94. The summed E-state index contributed by atoms with van der Waals surface area (Å²) >= 11 is 3.98. The number of halogens is 1. The molecule has 3 nitrogen and oxygen atoms in total. The van der Waals surface area contributed by atoms with Gasteiger partial charge in [0.2, 0.25) is 0 Å². The van der Waals surface area contributed by atoms with Gasteiger partial charge in [0.15, 0.2) is 5.96 Å². The van der Waals surface area contributed by atoms with Gasteiger partial charge in [-0.2, -0.15) is 0 Å². The SMILES string of the molecule is CCCCCCN(C(=NC)N(C)C)C(C)(Br)CCCCC. The van der Waals surface area contributed by atoms with Gasteiger partial charge in [0, 0.05) is 27.7 Å². The van der Waals surface area contributed by atoms with Crippen LogP contribution in [-0.2, 0) is 0 Å². The van der Waals surface area contributed by atoms with Gasteiger partial charge in [0.25, 0.3) is 0 Å². The average Bonchev–Trinajstić information content (AvgIpc) is 2.41. The Kier molecular flexibility index (Phi) is 11.2. The molecule has 0 aromatic carbocycles. The van der Waals surface area contributed by atoms with E-state index in [1.165, 1.54) is 44.9 Å². The number of hydrogen-bond donors (Lipinski definition) is 0. The highest BCUT2D eigenvalue weighted by molar-refractivity contribution is 9.10. The fraction of sp³-hybridized carbons (Fsp3) is 0.941. The van der Waals surface area contributed by atoms with Crippen molar-refractivity contribution in [1.29, 1.82) is 0 Å². The van der Waals surface area contributed by atoms with Gasteiger partial charge in [0.1, 0.15) is 0 Å². The molecule has 1 atom stereocenters. The normalized spacial score (nSPS) is 14.9. The number of hydrogen-bond acceptors (Lipinski definition) is 1. The predicted molar refractivity (Wildman–Crippen MR) is 99.4 cm³/mol. The Morgan fingerprint density at radius 3 is 2.05 bits per heavy atom. The fourth-order valence-corrected chi connectivity index (χ4v) is 3.25. The van der Waals surface area contributed by atoms with Gasteiger partial charge in [-0.3, -0.25) is 4.99 Å². The molecule has 0 aliphatic carbocycles. The minimum Gasteiger partial charge on any atom is -0.349 e. The summed E-state index contributed by atoms with van der Waals surface area (Å²) in [6, 6.07) is 0. The van der Waals surface area contributed by atoms with Crippen molar-refractivity contribution in [3.63, 3.8) is 0 Å². The molecule has 0 saturated heterocycles. The first-order valence-corrected chi connectivity index (χ1v) is 9.30. The number of nitrogens with zero attached hydrogens (tertiary/aromatic N) is 3. The molecule has 0 aliphatic rings. The lowest BCUT2D eigenvalue weighted by molar-refractivity contribution is 0.248. The summed E-state index contributed by atoms with van der Waals surface area (Å²) in [5, 5.41) is 0. The lowest BCUT2D eigenvalue weighted by Gasteiger charge is -2.41. The van der Waals surface area contributed by atoms with E-state index in [-0.39, 0.29) is 4.45 Å². The van der Waals surface area contributed by atoms with Crippen LogP contribution in [0.1, 0.15) is 72.1 Å². The van der Waals surface area contributed by atoms with Crippen molar-refractivity contribution < 1.29 is 0 Å². The van der Waals surface area contributed by atoms with Gasteiger partial charge in [-0.1, -0.05) is 68.3 Å². The molecule has 0 radical (unpaired) electrons. The van der Waals surface area contributed by atoms with Crippen molar-refractivity contribution in [3.05, 3.63) is 0 Å². The van der Waals surface area contributed by atoms with Gasteiger partial charge < -0.3 is 9.80 Å². The first-order chi connectivity index (χ1) is 9.90. The number of guanidine groups is 1. The van der Waals surface area contributed by atoms with E-state index >= 15 is 0 Å². The van der Waals surface area contributed by atoms with E-state index in [1.54, 1.807) is 0 Å². The molecule has 126 valence electrons. The summed E-state index contributed by atoms with van der Waals surface area (Å²) < 4.78 is -0.00645. The molecular formula is C17H36BrN3. The molecule has 0 heterocycles. The lowest BCUT2D eigenvalue weighted by atomic mass is 10.1. The van der Waals surface area contributed by atoms with Crippen LogP contribution in [0.15, 0.2) is 4.99 Å². The zero-order valence-electron chi connectivity index (χ0n) is 15.1. The summed E-state index contributed by atoms with van der Waals surface area (Å²) in [6.07, 6.45) is 10.1. The van der Waals surface area contributed by atoms with Crippen molar-refractivity contribution >= 4 is 21.9 Å². The highest BCUT2D eigenvalue weighted by Crippen LogP contribution is 2.30. The van der Waals surface area contributed by atoms with Crippen LogP contribution in [0, 0.1) is 0 Å². The minimum absolute atomic E-state index is 0.00645. The summed E-state index contributed by atoms with van der Waals surface area (Å²) in [6.45, 7) is 7.87. The van der Waals surface area contributed by atoms with E-state index in [2.05, 4.69) is 65.6 Å². The van der Waals surface area contributed by atoms with Gasteiger partial charge >= 0.3 is 0 Å². The van der Waals surface area contributed by atoms with Crippen LogP contribution in [0.5, 0.6) is 0 Å². The van der Waals surface area contributed by atoms with E-state index < -0.39 is 0 Å². The number of alkyl halides is 1. The molecule has 0 fully saturated rings. The topological polar surface area (TPSA) is 18.8 Å². The second kappa shape index (κ2) is 11.3. The number of aliphatic imine (C=N–C) groups is 1. The summed E-state index contributed by atoms with van der Waals surface area (Å²) in [4.78, 5) is 9.09. The van der Waals surface area contributed by atoms with Crippen molar-refractivity contribution in [2.75, 3.05) is 27.7 Å². The maximum atomic E-state index is 4.52. The predicted octanol–water partition coefficient (Wildman–Crippen LogP) is 5.11. The molecule has 1 unspecified atom stereocenters. The smallest absolute Gasteiger partial charge is 0.196 e. The Labute approximate surface area is 141 Å². The van der Waals surface area contributed by atoms with Gasteiger partial charge in [-0.05, 0) is 19.8 Å². The third-order valence-electron chi connectivity index (χ3n) is 3.88. The molecule has 21 heavy (non-hydrogen) atoms. The van der Waals surface area contributed by atoms with Crippen molar-refractivity contribution in [1.82, 2.24) is 9.80 Å². The summed E-state index contributed by atoms with van der Waals surface area (Å²) in [7, 11) is 6.05. The van der Waals surface area contributed by atoms with E-state index in [0.717, 1.165) is 18.9 Å². The number of unbranched alkanes of at least 4 members (excludes halogenated alkanes) is 5. The third kappa shape index (κ3) is 8.08. The van der Waals surface area contributed by atoms with Gasteiger partial charge in [-0.15, -0.1) is 0 Å². The maximum Gasteiger partial charge on any atom is 0.196 e. The molecule has 0 bridgehead atoms. The first kappa shape index (κ1) is 20.8. The molecule has 4 heteroatoms. The van der Waals surface area contributed by atoms with Gasteiger partial charge in [0.05, 0.1) is 4.45 Å². The van der Waals surface area contributed by atoms with Crippen molar-refractivity contribution in [2.45, 2.75) is 76.6 Å². The Hall–Kier alpha value is -0.250. The van der Waals surface area contributed by atoms with Gasteiger partial charge in [-0.25, -0.2) is 0 Å². The Bertz CT molecular complexity index is 288. The molecule has 0 aromatic heterocycles. The summed E-state index contributed by atoms with van der Waals surface area (Å²) in [5.41, 5.74) is 0. The largest absolute Gasteiger partial charge is 0.349 e. The van der Waals surface area contributed by atoms with Crippen molar-refractivity contribution in [2.24, 2.45) is 4.99 Å². The molecule has 0 aromatic rings. The van der Waals surface area contributed by atoms with Crippen LogP contribution in [-0.4, -0.2) is 47.9 Å².